The Morgan fingerprint density at radius 3 is 2.82 bits per heavy atom. The molecule has 0 aromatic rings. The van der Waals surface area contributed by atoms with Gasteiger partial charge < -0.3 is 4.74 Å². The third-order valence-corrected chi connectivity index (χ3v) is 3.20. The zero-order chi connectivity index (χ0) is 7.73. The van der Waals surface area contributed by atoms with Crippen LogP contribution in [0, 0.1) is 5.92 Å². The molecule has 11 heavy (non-hydrogen) atoms. The van der Waals surface area contributed by atoms with Gasteiger partial charge in [-0.1, -0.05) is 19.8 Å². The molecule has 1 saturated carbocycles. The summed E-state index contributed by atoms with van der Waals surface area (Å²) < 4.78 is 5.75. The van der Waals surface area contributed by atoms with E-state index >= 15 is 0 Å². The van der Waals surface area contributed by atoms with Gasteiger partial charge in [0, 0.05) is 6.61 Å². The van der Waals surface area contributed by atoms with E-state index in [4.69, 9.17) is 4.74 Å². The average Bonchev–Trinajstić information content (AvgIpc) is 2.35. The number of hydrogen-bond acceptors (Lipinski definition) is 1. The van der Waals surface area contributed by atoms with Crippen LogP contribution in [0.5, 0.6) is 0 Å². The van der Waals surface area contributed by atoms with Crippen molar-refractivity contribution in [2.24, 2.45) is 5.92 Å². The van der Waals surface area contributed by atoms with E-state index in [2.05, 4.69) is 6.92 Å². The Labute approximate surface area is 69.1 Å². The van der Waals surface area contributed by atoms with Crippen LogP contribution in [-0.4, -0.2) is 12.2 Å². The predicted octanol–water partition coefficient (Wildman–Crippen LogP) is 2.75. The summed E-state index contributed by atoms with van der Waals surface area (Å²) in [7, 11) is 0. The first-order valence-corrected chi connectivity index (χ1v) is 4.99. The molecule has 0 aromatic carbocycles. The fourth-order valence-corrected chi connectivity index (χ4v) is 2.68. The molecular weight excluding hydrogens is 136 g/mol. The second-order valence-electron chi connectivity index (χ2n) is 4.20. The Hall–Kier alpha value is -0.0400. The SMILES string of the molecule is CCCC1CC2(CCCO2)C1. The molecule has 0 atom stereocenters. The van der Waals surface area contributed by atoms with Crippen molar-refractivity contribution >= 4 is 0 Å². The minimum atomic E-state index is 0.389. The molecule has 2 rings (SSSR count). The van der Waals surface area contributed by atoms with E-state index in [0.29, 0.717) is 5.60 Å². The van der Waals surface area contributed by atoms with Gasteiger partial charge in [-0.2, -0.15) is 0 Å². The Balaban J connectivity index is 1.77. The van der Waals surface area contributed by atoms with Gasteiger partial charge >= 0.3 is 0 Å². The molecule has 0 unspecified atom stereocenters. The summed E-state index contributed by atoms with van der Waals surface area (Å²) >= 11 is 0. The van der Waals surface area contributed by atoms with E-state index in [-0.39, 0.29) is 0 Å². The number of hydrogen-bond donors (Lipinski definition) is 0. The topological polar surface area (TPSA) is 9.23 Å². The van der Waals surface area contributed by atoms with Gasteiger partial charge in [0.2, 0.25) is 0 Å². The van der Waals surface area contributed by atoms with Crippen molar-refractivity contribution < 1.29 is 4.74 Å². The van der Waals surface area contributed by atoms with E-state index in [9.17, 15) is 0 Å². The van der Waals surface area contributed by atoms with Gasteiger partial charge in [-0.05, 0) is 31.6 Å². The highest BCUT2D eigenvalue weighted by molar-refractivity contribution is 4.97. The van der Waals surface area contributed by atoms with Gasteiger partial charge in [0.05, 0.1) is 5.60 Å². The summed E-state index contributed by atoms with van der Waals surface area (Å²) in [5.74, 6) is 0.998. The lowest BCUT2D eigenvalue weighted by Crippen LogP contribution is -2.42. The second kappa shape index (κ2) is 2.78. The molecule has 1 heterocycles. The van der Waals surface area contributed by atoms with E-state index in [1.165, 1.54) is 38.5 Å². The van der Waals surface area contributed by atoms with E-state index in [0.717, 1.165) is 12.5 Å². The molecule has 1 saturated heterocycles. The van der Waals surface area contributed by atoms with Gasteiger partial charge in [-0.25, -0.2) is 0 Å². The average molecular weight is 154 g/mol. The standard InChI is InChI=1S/C10H18O/c1-2-4-9-7-10(8-9)5-3-6-11-10/h9H,2-8H2,1H3. The van der Waals surface area contributed by atoms with Crippen molar-refractivity contribution in [1.82, 2.24) is 0 Å². The van der Waals surface area contributed by atoms with Crippen LogP contribution in [0.15, 0.2) is 0 Å². The molecule has 1 aliphatic carbocycles. The molecular formula is C10H18O. The minimum absolute atomic E-state index is 0.389. The monoisotopic (exact) mass is 154 g/mol. The molecule has 2 fully saturated rings. The van der Waals surface area contributed by atoms with Crippen molar-refractivity contribution in [3.05, 3.63) is 0 Å². The number of rotatable bonds is 2. The van der Waals surface area contributed by atoms with Crippen LogP contribution in [0.2, 0.25) is 0 Å². The van der Waals surface area contributed by atoms with E-state index in [1.54, 1.807) is 0 Å². The highest BCUT2D eigenvalue weighted by Crippen LogP contribution is 2.48. The van der Waals surface area contributed by atoms with Crippen LogP contribution in [0.25, 0.3) is 0 Å². The van der Waals surface area contributed by atoms with Gasteiger partial charge in [0.15, 0.2) is 0 Å². The molecule has 0 radical (unpaired) electrons. The largest absolute Gasteiger partial charge is 0.375 e. The molecule has 0 bridgehead atoms. The summed E-state index contributed by atoms with van der Waals surface area (Å²) in [4.78, 5) is 0. The first-order valence-electron chi connectivity index (χ1n) is 4.99. The molecule has 0 amide bonds. The van der Waals surface area contributed by atoms with Crippen LogP contribution >= 0.6 is 0 Å². The van der Waals surface area contributed by atoms with Crippen LogP contribution in [0.4, 0.5) is 0 Å². The second-order valence-corrected chi connectivity index (χ2v) is 4.20. The Kier molecular flexibility index (Phi) is 1.92. The van der Waals surface area contributed by atoms with Crippen molar-refractivity contribution in [2.75, 3.05) is 6.61 Å². The van der Waals surface area contributed by atoms with E-state index in [1.807, 2.05) is 0 Å². The van der Waals surface area contributed by atoms with Gasteiger partial charge in [0.25, 0.3) is 0 Å². The summed E-state index contributed by atoms with van der Waals surface area (Å²) in [6.45, 7) is 3.30. The lowest BCUT2D eigenvalue weighted by molar-refractivity contribution is -0.0923. The van der Waals surface area contributed by atoms with Crippen molar-refractivity contribution in [3.8, 4) is 0 Å². The summed E-state index contributed by atoms with van der Waals surface area (Å²) in [6.07, 6.45) is 8.14. The third-order valence-electron chi connectivity index (χ3n) is 3.20. The van der Waals surface area contributed by atoms with Gasteiger partial charge in [0.1, 0.15) is 0 Å². The Morgan fingerprint density at radius 2 is 2.27 bits per heavy atom. The van der Waals surface area contributed by atoms with Crippen molar-refractivity contribution in [3.63, 3.8) is 0 Å². The number of ether oxygens (including phenoxy) is 1. The molecule has 0 aromatic heterocycles. The molecule has 2 aliphatic rings. The van der Waals surface area contributed by atoms with Crippen LogP contribution < -0.4 is 0 Å². The Morgan fingerprint density at radius 1 is 1.45 bits per heavy atom. The summed E-state index contributed by atoms with van der Waals surface area (Å²) in [6, 6.07) is 0. The predicted molar refractivity (Wildman–Crippen MR) is 45.5 cm³/mol. The maximum absolute atomic E-state index is 5.75. The first-order chi connectivity index (χ1) is 5.35. The molecule has 0 N–H and O–H groups in total. The molecule has 1 spiro atoms. The first kappa shape index (κ1) is 7.60. The highest BCUT2D eigenvalue weighted by Gasteiger charge is 2.46. The van der Waals surface area contributed by atoms with Crippen LogP contribution in [-0.2, 0) is 4.74 Å². The lowest BCUT2D eigenvalue weighted by Gasteiger charge is -2.44. The smallest absolute Gasteiger partial charge is 0.0688 e. The normalized spacial score (nSPS) is 42.8. The minimum Gasteiger partial charge on any atom is -0.375 e. The molecule has 1 heteroatoms. The fraction of sp³-hybridized carbons (Fsp3) is 1.00. The fourth-order valence-electron chi connectivity index (χ4n) is 2.68. The zero-order valence-corrected chi connectivity index (χ0v) is 7.44. The molecule has 1 nitrogen and oxygen atoms in total. The van der Waals surface area contributed by atoms with Crippen molar-refractivity contribution in [2.45, 2.75) is 51.0 Å². The Bertz CT molecular complexity index is 128. The lowest BCUT2D eigenvalue weighted by atomic mass is 9.68. The summed E-state index contributed by atoms with van der Waals surface area (Å²) in [5.41, 5.74) is 0.389. The maximum Gasteiger partial charge on any atom is 0.0688 e. The highest BCUT2D eigenvalue weighted by atomic mass is 16.5. The van der Waals surface area contributed by atoms with Crippen LogP contribution in [0.1, 0.15) is 45.4 Å². The van der Waals surface area contributed by atoms with Crippen molar-refractivity contribution in [1.29, 1.82) is 0 Å². The van der Waals surface area contributed by atoms with Crippen LogP contribution in [0.3, 0.4) is 0 Å². The van der Waals surface area contributed by atoms with E-state index < -0.39 is 0 Å². The summed E-state index contributed by atoms with van der Waals surface area (Å²) in [5, 5.41) is 0. The van der Waals surface area contributed by atoms with Gasteiger partial charge in [-0.15, -0.1) is 0 Å². The maximum atomic E-state index is 5.75. The molecule has 64 valence electrons. The quantitative estimate of drug-likeness (QED) is 0.594. The third kappa shape index (κ3) is 1.31. The van der Waals surface area contributed by atoms with Gasteiger partial charge in [-0.3, -0.25) is 0 Å². The molecule has 1 aliphatic heterocycles. The zero-order valence-electron chi connectivity index (χ0n) is 7.44.